The van der Waals surface area contributed by atoms with E-state index in [0.717, 1.165) is 29.4 Å². The van der Waals surface area contributed by atoms with Crippen molar-refractivity contribution < 1.29 is 20.1 Å². The van der Waals surface area contributed by atoms with Gasteiger partial charge in [-0.3, -0.25) is 9.98 Å². The Bertz CT molecular complexity index is 1230. The number of hydrogen-bond acceptors (Lipinski definition) is 10. The quantitative estimate of drug-likeness (QED) is 0.380. The highest BCUT2D eigenvalue weighted by molar-refractivity contribution is 5.93. The highest BCUT2D eigenvalue weighted by Crippen LogP contribution is 2.43. The third-order valence-electron chi connectivity index (χ3n) is 6.33. The summed E-state index contributed by atoms with van der Waals surface area (Å²) in [5.41, 5.74) is 2.88. The van der Waals surface area contributed by atoms with Crippen molar-refractivity contribution in [1.82, 2.24) is 15.0 Å². The zero-order valence-electron chi connectivity index (χ0n) is 17.7. The van der Waals surface area contributed by atoms with Crippen molar-refractivity contribution in [3.63, 3.8) is 0 Å². The van der Waals surface area contributed by atoms with Gasteiger partial charge in [0.2, 0.25) is 5.95 Å². The number of aliphatic imine (C=N–C) groups is 1. The molecule has 0 spiro atoms. The number of aromatic nitrogens is 3. The van der Waals surface area contributed by atoms with E-state index < -0.39 is 30.3 Å². The molecule has 1 aromatic carbocycles. The normalized spacial score (nSPS) is 28.3. The molecule has 5 atom stereocenters. The van der Waals surface area contributed by atoms with Gasteiger partial charge >= 0.3 is 0 Å². The Hall–Kier alpha value is -3.18. The molecule has 1 aliphatic carbocycles. The lowest BCUT2D eigenvalue weighted by Gasteiger charge is -2.21. The molecule has 10 nitrogen and oxygen atoms in total. The summed E-state index contributed by atoms with van der Waals surface area (Å²) in [6, 6.07) is 10.0. The third kappa shape index (κ3) is 3.61. The first kappa shape index (κ1) is 20.4. The SMILES string of the molecule is OCC1OC(C2C=Nc3c(NC4CC4)nc(Nc4cccc5ncccc45)nc32)C(O)C1O. The molecule has 1 saturated carbocycles. The fourth-order valence-electron chi connectivity index (χ4n) is 4.43. The molecule has 6 rings (SSSR count). The number of aliphatic hydroxyl groups is 3. The molecule has 170 valence electrons. The molecule has 0 radical (unpaired) electrons. The number of pyridine rings is 1. The largest absolute Gasteiger partial charge is 0.394 e. The molecule has 33 heavy (non-hydrogen) atoms. The zero-order valence-corrected chi connectivity index (χ0v) is 17.7. The van der Waals surface area contributed by atoms with Gasteiger partial charge < -0.3 is 30.7 Å². The average Bonchev–Trinajstić information content (AvgIpc) is 3.48. The van der Waals surface area contributed by atoms with Crippen molar-refractivity contribution in [2.45, 2.75) is 49.2 Å². The number of benzene rings is 1. The number of hydrogen-bond donors (Lipinski definition) is 5. The number of nitrogens with one attached hydrogen (secondary N) is 2. The van der Waals surface area contributed by atoms with Crippen LogP contribution in [0.25, 0.3) is 10.9 Å². The number of rotatable bonds is 6. The van der Waals surface area contributed by atoms with Crippen molar-refractivity contribution in [3.8, 4) is 0 Å². The Labute approximate surface area is 189 Å². The van der Waals surface area contributed by atoms with Crippen molar-refractivity contribution in [3.05, 3.63) is 42.2 Å². The van der Waals surface area contributed by atoms with Gasteiger partial charge in [-0.05, 0) is 37.1 Å². The van der Waals surface area contributed by atoms with Crippen LogP contribution in [0, 0.1) is 0 Å². The van der Waals surface area contributed by atoms with Gasteiger partial charge in [0.15, 0.2) is 5.82 Å². The van der Waals surface area contributed by atoms with Gasteiger partial charge in [0, 0.05) is 23.8 Å². The molecule has 5 unspecified atom stereocenters. The first-order valence-electron chi connectivity index (χ1n) is 11.1. The fraction of sp³-hybridized carbons (Fsp3) is 0.391. The second-order valence-electron chi connectivity index (χ2n) is 8.66. The summed E-state index contributed by atoms with van der Waals surface area (Å²) in [5.74, 6) is 0.517. The molecule has 0 amide bonds. The zero-order chi connectivity index (χ0) is 22.5. The maximum atomic E-state index is 10.6. The number of fused-ring (bicyclic) bond motifs is 2. The summed E-state index contributed by atoms with van der Waals surface area (Å²) in [6.45, 7) is -0.383. The number of nitrogens with zero attached hydrogens (tertiary/aromatic N) is 4. The Morgan fingerprint density at radius 2 is 1.94 bits per heavy atom. The molecule has 1 saturated heterocycles. The second kappa shape index (κ2) is 7.99. The third-order valence-corrected chi connectivity index (χ3v) is 6.33. The van der Waals surface area contributed by atoms with Crippen LogP contribution in [-0.2, 0) is 4.74 Å². The lowest BCUT2D eigenvalue weighted by molar-refractivity contribution is -0.0237. The van der Waals surface area contributed by atoms with Crippen LogP contribution in [0.15, 0.2) is 41.5 Å². The first-order chi connectivity index (χ1) is 16.1. The summed E-state index contributed by atoms with van der Waals surface area (Å²) in [6.07, 6.45) is 1.58. The van der Waals surface area contributed by atoms with Crippen molar-refractivity contribution in [2.24, 2.45) is 4.99 Å². The summed E-state index contributed by atoms with van der Waals surface area (Å²) in [5, 5.41) is 37.9. The Kier molecular flexibility index (Phi) is 4.95. The van der Waals surface area contributed by atoms with Crippen molar-refractivity contribution in [2.75, 3.05) is 17.2 Å². The summed E-state index contributed by atoms with van der Waals surface area (Å²) < 4.78 is 5.77. The van der Waals surface area contributed by atoms with Gasteiger partial charge in [0.25, 0.3) is 0 Å². The second-order valence-corrected chi connectivity index (χ2v) is 8.66. The van der Waals surface area contributed by atoms with Crippen LogP contribution in [0.2, 0.25) is 0 Å². The van der Waals surface area contributed by atoms with Crippen molar-refractivity contribution in [1.29, 1.82) is 0 Å². The van der Waals surface area contributed by atoms with E-state index in [4.69, 9.17) is 14.7 Å². The van der Waals surface area contributed by atoms with Gasteiger partial charge in [0.1, 0.15) is 30.1 Å². The van der Waals surface area contributed by atoms with E-state index in [1.54, 1.807) is 12.4 Å². The number of anilines is 3. The van der Waals surface area contributed by atoms with Crippen LogP contribution in [0.5, 0.6) is 0 Å². The highest BCUT2D eigenvalue weighted by Gasteiger charge is 2.48. The van der Waals surface area contributed by atoms with Crippen LogP contribution < -0.4 is 10.6 Å². The fourth-order valence-corrected chi connectivity index (χ4v) is 4.43. The molecule has 4 heterocycles. The van der Waals surface area contributed by atoms with Crippen LogP contribution in [0.3, 0.4) is 0 Å². The highest BCUT2D eigenvalue weighted by atomic mass is 16.6. The van der Waals surface area contributed by atoms with Gasteiger partial charge in [-0.1, -0.05) is 6.07 Å². The topological polar surface area (TPSA) is 145 Å². The molecular weight excluding hydrogens is 424 g/mol. The number of ether oxygens (including phenoxy) is 1. The Balaban J connectivity index is 1.38. The molecule has 5 N–H and O–H groups in total. The standard InChI is InChI=1S/C23H24N6O4/c30-10-16-19(31)20(32)21(33-16)13-9-25-18-17(13)28-23(29-22(18)26-11-6-7-11)27-15-5-1-4-14-12(15)3-2-8-24-14/h1-5,8-9,11,13,16,19-21,30-32H,6-7,10H2,(H2,26,27,28,29). The van der Waals surface area contributed by atoms with Crippen LogP contribution in [0.4, 0.5) is 23.1 Å². The predicted molar refractivity (Wildman–Crippen MR) is 122 cm³/mol. The minimum atomic E-state index is -1.18. The van der Waals surface area contributed by atoms with E-state index in [9.17, 15) is 15.3 Å². The van der Waals surface area contributed by atoms with Gasteiger partial charge in [0.05, 0.1) is 29.4 Å². The molecular formula is C23H24N6O4. The molecule has 3 aromatic rings. The van der Waals surface area contributed by atoms with E-state index in [0.29, 0.717) is 29.2 Å². The lowest BCUT2D eigenvalue weighted by Crippen LogP contribution is -2.36. The number of aliphatic hydroxyl groups excluding tert-OH is 3. The Morgan fingerprint density at radius 3 is 2.73 bits per heavy atom. The lowest BCUT2D eigenvalue weighted by atomic mass is 9.94. The van der Waals surface area contributed by atoms with Crippen LogP contribution >= 0.6 is 0 Å². The molecule has 3 aliphatic rings. The summed E-state index contributed by atoms with van der Waals surface area (Å²) >= 11 is 0. The maximum absolute atomic E-state index is 10.6. The molecule has 0 bridgehead atoms. The van der Waals surface area contributed by atoms with Gasteiger partial charge in [-0.15, -0.1) is 0 Å². The Morgan fingerprint density at radius 1 is 1.06 bits per heavy atom. The molecule has 2 aliphatic heterocycles. The van der Waals surface area contributed by atoms with E-state index in [1.807, 2.05) is 30.3 Å². The van der Waals surface area contributed by atoms with Crippen molar-refractivity contribution >= 4 is 40.3 Å². The molecule has 10 heteroatoms. The summed E-state index contributed by atoms with van der Waals surface area (Å²) in [7, 11) is 0. The van der Waals surface area contributed by atoms with E-state index >= 15 is 0 Å². The van der Waals surface area contributed by atoms with E-state index in [-0.39, 0.29) is 6.61 Å². The molecule has 2 fully saturated rings. The smallest absolute Gasteiger partial charge is 0.229 e. The van der Waals surface area contributed by atoms with E-state index in [2.05, 4.69) is 20.6 Å². The maximum Gasteiger partial charge on any atom is 0.229 e. The first-order valence-corrected chi connectivity index (χ1v) is 11.1. The van der Waals surface area contributed by atoms with Gasteiger partial charge in [-0.25, -0.2) is 4.98 Å². The minimum Gasteiger partial charge on any atom is -0.394 e. The van der Waals surface area contributed by atoms with Gasteiger partial charge in [-0.2, -0.15) is 4.98 Å². The molecule has 2 aromatic heterocycles. The monoisotopic (exact) mass is 448 g/mol. The average molecular weight is 448 g/mol. The van der Waals surface area contributed by atoms with E-state index in [1.165, 1.54) is 0 Å². The predicted octanol–water partition coefficient (Wildman–Crippen LogP) is 1.62. The van der Waals surface area contributed by atoms with Crippen LogP contribution in [0.1, 0.15) is 24.5 Å². The minimum absolute atomic E-state index is 0.349. The van der Waals surface area contributed by atoms with Crippen LogP contribution in [-0.4, -0.2) is 73.6 Å². The summed E-state index contributed by atoms with van der Waals surface area (Å²) in [4.78, 5) is 18.4.